The molecule has 0 aliphatic rings. The number of nitrogens with one attached hydrogen (secondary N) is 1. The first-order valence-corrected chi connectivity index (χ1v) is 5.91. The molecule has 88 valence electrons. The van der Waals surface area contributed by atoms with Gasteiger partial charge in [-0.05, 0) is 43.4 Å². The van der Waals surface area contributed by atoms with E-state index in [1.54, 1.807) is 20.8 Å². The Morgan fingerprint density at radius 1 is 1.56 bits per heavy atom. The maximum atomic E-state index is 11.4. The van der Waals surface area contributed by atoms with Gasteiger partial charge in [0.05, 0.1) is 6.20 Å². The predicted octanol–water partition coefficient (Wildman–Crippen LogP) is 3.08. The van der Waals surface area contributed by atoms with Gasteiger partial charge in [0, 0.05) is 0 Å². The Morgan fingerprint density at radius 2 is 2.19 bits per heavy atom. The molecule has 16 heavy (non-hydrogen) atoms. The Labute approximate surface area is 112 Å². The third kappa shape index (κ3) is 4.48. The fourth-order valence-corrected chi connectivity index (χ4v) is 1.54. The van der Waals surface area contributed by atoms with Gasteiger partial charge in [0.25, 0.3) is 0 Å². The molecule has 1 amide bonds. The fraction of sp³-hybridized carbons (Fsp3) is 0.444. The fourth-order valence-electron chi connectivity index (χ4n) is 0.831. The van der Waals surface area contributed by atoms with E-state index in [0.717, 1.165) is 0 Å². The second-order valence-corrected chi connectivity index (χ2v) is 5.42. The molecular formula is C9H11ClIN3O2. The summed E-state index contributed by atoms with van der Waals surface area (Å²) in [5.74, 6) is 0.191. The number of hydrogen-bond donors (Lipinski definition) is 1. The number of carbonyl (C=O) groups is 1. The zero-order valence-corrected chi connectivity index (χ0v) is 12.0. The number of hydrogen-bond acceptors (Lipinski definition) is 4. The number of nitrogens with zero attached hydrogens (tertiary/aromatic N) is 2. The van der Waals surface area contributed by atoms with Crippen molar-refractivity contribution in [1.29, 1.82) is 0 Å². The van der Waals surface area contributed by atoms with Crippen LogP contribution in [0, 0.1) is 3.70 Å². The van der Waals surface area contributed by atoms with Crippen molar-refractivity contribution in [3.63, 3.8) is 0 Å². The van der Waals surface area contributed by atoms with Crippen LogP contribution in [0.3, 0.4) is 0 Å². The Morgan fingerprint density at radius 3 is 2.69 bits per heavy atom. The zero-order chi connectivity index (χ0) is 12.3. The topological polar surface area (TPSA) is 64.1 Å². The maximum Gasteiger partial charge on any atom is 0.413 e. The molecule has 0 spiro atoms. The first kappa shape index (κ1) is 13.4. The normalized spacial score (nSPS) is 11.1. The standard InChI is InChI=1S/C9H11ClIN3O2/c1-9(2,3)16-8(15)14-7-6(10)13-5(11)4-12-7/h4H,1-3H3,(H,12,14,15). The summed E-state index contributed by atoms with van der Waals surface area (Å²) < 4.78 is 5.70. The third-order valence-corrected chi connectivity index (χ3v) is 2.10. The molecule has 0 aliphatic carbocycles. The van der Waals surface area contributed by atoms with Gasteiger partial charge < -0.3 is 4.74 Å². The Bertz CT molecular complexity index is 406. The number of anilines is 1. The minimum absolute atomic E-state index is 0.137. The van der Waals surface area contributed by atoms with Gasteiger partial charge in [0.2, 0.25) is 0 Å². The number of halogens is 2. The van der Waals surface area contributed by atoms with Crippen molar-refractivity contribution < 1.29 is 9.53 Å². The van der Waals surface area contributed by atoms with E-state index in [9.17, 15) is 4.79 Å². The molecule has 0 saturated heterocycles. The molecule has 1 aromatic heterocycles. The second kappa shape index (κ2) is 5.13. The molecule has 0 radical (unpaired) electrons. The lowest BCUT2D eigenvalue weighted by Crippen LogP contribution is -2.27. The molecule has 0 fully saturated rings. The molecule has 0 atom stereocenters. The lowest BCUT2D eigenvalue weighted by Gasteiger charge is -2.19. The summed E-state index contributed by atoms with van der Waals surface area (Å²) >= 11 is 7.77. The Balaban J connectivity index is 2.70. The molecule has 7 heteroatoms. The van der Waals surface area contributed by atoms with E-state index >= 15 is 0 Å². The smallest absolute Gasteiger partial charge is 0.413 e. The summed E-state index contributed by atoms with van der Waals surface area (Å²) in [6, 6.07) is 0. The van der Waals surface area contributed by atoms with Crippen LogP contribution in [0.2, 0.25) is 5.15 Å². The summed E-state index contributed by atoms with van der Waals surface area (Å²) in [5.41, 5.74) is -0.562. The van der Waals surface area contributed by atoms with Crippen molar-refractivity contribution in [2.24, 2.45) is 0 Å². The van der Waals surface area contributed by atoms with E-state index in [0.29, 0.717) is 3.70 Å². The summed E-state index contributed by atoms with van der Waals surface area (Å²) in [6.07, 6.45) is 0.893. The second-order valence-electron chi connectivity index (χ2n) is 3.96. The van der Waals surface area contributed by atoms with Crippen LogP contribution in [-0.2, 0) is 4.74 Å². The van der Waals surface area contributed by atoms with Gasteiger partial charge in [0.1, 0.15) is 9.30 Å². The molecule has 0 aliphatic heterocycles. The summed E-state index contributed by atoms with van der Waals surface area (Å²) in [5, 5.41) is 2.56. The van der Waals surface area contributed by atoms with Gasteiger partial charge in [-0.2, -0.15) is 0 Å². The van der Waals surface area contributed by atoms with Crippen LogP contribution in [0.1, 0.15) is 20.8 Å². The number of carbonyl (C=O) groups excluding carboxylic acids is 1. The highest BCUT2D eigenvalue weighted by molar-refractivity contribution is 14.1. The van der Waals surface area contributed by atoms with E-state index in [1.807, 2.05) is 22.6 Å². The lowest BCUT2D eigenvalue weighted by atomic mass is 10.2. The van der Waals surface area contributed by atoms with Crippen LogP contribution in [0.5, 0.6) is 0 Å². The average Bonchev–Trinajstić information content (AvgIpc) is 2.06. The summed E-state index contributed by atoms with van der Waals surface area (Å²) in [4.78, 5) is 19.3. The molecule has 0 saturated carbocycles. The average molecular weight is 356 g/mol. The SMILES string of the molecule is CC(C)(C)OC(=O)Nc1ncc(I)nc1Cl. The van der Waals surface area contributed by atoms with Crippen molar-refractivity contribution in [3.8, 4) is 0 Å². The van der Waals surface area contributed by atoms with Gasteiger partial charge in [-0.15, -0.1) is 0 Å². The van der Waals surface area contributed by atoms with Crippen molar-refractivity contribution >= 4 is 46.1 Å². The van der Waals surface area contributed by atoms with E-state index in [-0.39, 0.29) is 11.0 Å². The maximum absolute atomic E-state index is 11.4. The molecule has 5 nitrogen and oxygen atoms in total. The van der Waals surface area contributed by atoms with E-state index in [2.05, 4.69) is 15.3 Å². The molecule has 0 bridgehead atoms. The number of rotatable bonds is 1. The summed E-state index contributed by atoms with van der Waals surface area (Å²) in [7, 11) is 0. The van der Waals surface area contributed by atoms with E-state index < -0.39 is 11.7 Å². The molecule has 0 unspecified atom stereocenters. The van der Waals surface area contributed by atoms with Gasteiger partial charge in [-0.1, -0.05) is 11.6 Å². The molecule has 1 aromatic rings. The molecular weight excluding hydrogens is 344 g/mol. The number of aromatic nitrogens is 2. The summed E-state index contributed by atoms with van der Waals surface area (Å²) in [6.45, 7) is 5.31. The van der Waals surface area contributed by atoms with Gasteiger partial charge in [-0.25, -0.2) is 14.8 Å². The van der Waals surface area contributed by atoms with Crippen molar-refractivity contribution in [1.82, 2.24) is 9.97 Å². The highest BCUT2D eigenvalue weighted by Gasteiger charge is 2.17. The van der Waals surface area contributed by atoms with Crippen LogP contribution in [-0.4, -0.2) is 21.7 Å². The third-order valence-electron chi connectivity index (χ3n) is 1.32. The van der Waals surface area contributed by atoms with Crippen LogP contribution in [0.4, 0.5) is 10.6 Å². The number of ether oxygens (including phenoxy) is 1. The van der Waals surface area contributed by atoms with E-state index in [1.165, 1.54) is 6.20 Å². The largest absolute Gasteiger partial charge is 0.444 e. The predicted molar refractivity (Wildman–Crippen MR) is 69.6 cm³/mol. The van der Waals surface area contributed by atoms with Crippen molar-refractivity contribution in [3.05, 3.63) is 15.1 Å². The van der Waals surface area contributed by atoms with Gasteiger partial charge in [0.15, 0.2) is 11.0 Å². The van der Waals surface area contributed by atoms with E-state index in [4.69, 9.17) is 16.3 Å². The molecule has 1 N–H and O–H groups in total. The van der Waals surface area contributed by atoms with Crippen molar-refractivity contribution in [2.45, 2.75) is 26.4 Å². The highest BCUT2D eigenvalue weighted by Crippen LogP contribution is 2.18. The molecule has 1 heterocycles. The Hall–Kier alpha value is -0.630. The molecule has 0 aromatic carbocycles. The minimum atomic E-state index is -0.607. The first-order valence-electron chi connectivity index (χ1n) is 4.46. The van der Waals surface area contributed by atoms with Gasteiger partial charge in [-0.3, -0.25) is 5.32 Å². The van der Waals surface area contributed by atoms with Crippen LogP contribution in [0.15, 0.2) is 6.20 Å². The lowest BCUT2D eigenvalue weighted by molar-refractivity contribution is 0.0635. The van der Waals surface area contributed by atoms with Crippen molar-refractivity contribution in [2.75, 3.05) is 5.32 Å². The van der Waals surface area contributed by atoms with Gasteiger partial charge >= 0.3 is 6.09 Å². The zero-order valence-electron chi connectivity index (χ0n) is 9.04. The molecule has 1 rings (SSSR count). The van der Waals surface area contributed by atoms with Crippen LogP contribution < -0.4 is 5.32 Å². The van der Waals surface area contributed by atoms with Crippen LogP contribution in [0.25, 0.3) is 0 Å². The van der Waals surface area contributed by atoms with Crippen LogP contribution >= 0.6 is 34.2 Å². The first-order chi connectivity index (χ1) is 7.28. The Kier molecular flexibility index (Phi) is 4.31. The monoisotopic (exact) mass is 355 g/mol. The highest BCUT2D eigenvalue weighted by atomic mass is 127. The minimum Gasteiger partial charge on any atom is -0.444 e. The number of amides is 1. The quantitative estimate of drug-likeness (QED) is 0.786.